The molecule has 2 fully saturated rings. The Balaban J connectivity index is 0.00000225. The maximum atomic E-state index is 13.7. The highest BCUT2D eigenvalue weighted by Gasteiger charge is 2.40. The van der Waals surface area contributed by atoms with Crippen molar-refractivity contribution in [2.24, 2.45) is 23.5 Å². The van der Waals surface area contributed by atoms with E-state index in [2.05, 4.69) is 10.6 Å². The summed E-state index contributed by atoms with van der Waals surface area (Å²) in [6.07, 6.45) is 5.05. The number of hydrogen-bond donors (Lipinski definition) is 3. The number of rotatable bonds is 3. The summed E-state index contributed by atoms with van der Waals surface area (Å²) in [6.45, 7) is 1.31. The molecule has 0 aliphatic heterocycles. The van der Waals surface area contributed by atoms with E-state index in [1.165, 1.54) is 31.5 Å². The van der Waals surface area contributed by atoms with Gasteiger partial charge >= 0.3 is 0 Å². The molecule has 0 spiro atoms. The molecule has 0 aromatic heterocycles. The van der Waals surface area contributed by atoms with E-state index < -0.39 is 5.82 Å². The van der Waals surface area contributed by atoms with Crippen LogP contribution < -0.4 is 16.4 Å². The molecular formula is C18H25ClFN3O2. The van der Waals surface area contributed by atoms with Crippen molar-refractivity contribution in [1.29, 1.82) is 0 Å². The first-order chi connectivity index (χ1) is 11.4. The number of halogens is 2. The summed E-state index contributed by atoms with van der Waals surface area (Å²) in [5.74, 6) is -0.116. The van der Waals surface area contributed by atoms with Crippen LogP contribution >= 0.6 is 12.4 Å². The number of anilines is 2. The molecule has 2 unspecified atom stereocenters. The minimum atomic E-state index is -0.527. The summed E-state index contributed by atoms with van der Waals surface area (Å²) >= 11 is 0. The first-order valence-electron chi connectivity index (χ1n) is 8.57. The van der Waals surface area contributed by atoms with Gasteiger partial charge in [-0.3, -0.25) is 9.59 Å². The van der Waals surface area contributed by atoms with Crippen molar-refractivity contribution in [3.63, 3.8) is 0 Å². The number of amides is 2. The Morgan fingerprint density at radius 3 is 2.40 bits per heavy atom. The van der Waals surface area contributed by atoms with E-state index in [9.17, 15) is 14.0 Å². The Hall–Kier alpha value is -1.66. The second-order valence-electron chi connectivity index (χ2n) is 7.06. The second-order valence-corrected chi connectivity index (χ2v) is 7.06. The van der Waals surface area contributed by atoms with E-state index in [0.717, 1.165) is 25.7 Å². The lowest BCUT2D eigenvalue weighted by Crippen LogP contribution is -2.48. The zero-order chi connectivity index (χ0) is 17.3. The number of carbonyl (C=O) groups is 2. The van der Waals surface area contributed by atoms with Gasteiger partial charge in [-0.1, -0.05) is 6.42 Å². The van der Waals surface area contributed by atoms with E-state index in [0.29, 0.717) is 17.5 Å². The number of nitrogens with one attached hydrogen (secondary N) is 2. The van der Waals surface area contributed by atoms with Crippen LogP contribution in [0.25, 0.3) is 0 Å². The average Bonchev–Trinajstić information content (AvgIpc) is 2.49. The summed E-state index contributed by atoms with van der Waals surface area (Å²) in [5, 5.41) is 5.28. The van der Waals surface area contributed by atoms with Gasteiger partial charge in [-0.25, -0.2) is 4.39 Å². The summed E-state index contributed by atoms with van der Waals surface area (Å²) in [4.78, 5) is 23.7. The van der Waals surface area contributed by atoms with Gasteiger partial charge in [0.15, 0.2) is 0 Å². The summed E-state index contributed by atoms with van der Waals surface area (Å²) in [6, 6.07) is 4.42. The van der Waals surface area contributed by atoms with Gasteiger partial charge < -0.3 is 16.4 Å². The molecule has 3 rings (SSSR count). The Morgan fingerprint density at radius 1 is 1.16 bits per heavy atom. The maximum absolute atomic E-state index is 13.7. The van der Waals surface area contributed by atoms with Crippen molar-refractivity contribution < 1.29 is 14.0 Å². The number of fused-ring (bicyclic) bond motifs is 2. The monoisotopic (exact) mass is 369 g/mol. The zero-order valence-electron chi connectivity index (χ0n) is 14.3. The van der Waals surface area contributed by atoms with E-state index in [-0.39, 0.29) is 41.9 Å². The van der Waals surface area contributed by atoms with Crippen molar-refractivity contribution in [2.75, 3.05) is 10.6 Å². The van der Waals surface area contributed by atoms with Gasteiger partial charge in [-0.15, -0.1) is 12.4 Å². The molecule has 2 saturated carbocycles. The highest BCUT2D eigenvalue weighted by Crippen LogP contribution is 2.42. The fourth-order valence-corrected chi connectivity index (χ4v) is 4.14. The third-order valence-electron chi connectivity index (χ3n) is 5.33. The Kier molecular flexibility index (Phi) is 6.41. The molecule has 1 aromatic carbocycles. The normalized spacial score (nSPS) is 27.8. The average molecular weight is 370 g/mol. The zero-order valence-corrected chi connectivity index (χ0v) is 15.1. The molecule has 2 atom stereocenters. The standard InChI is InChI=1S/C18H24FN3O2.ClH/c1-10(23)21-16-9-14(5-6-15(16)19)22-18(24)13-7-11-3-2-4-12(8-13)17(11)20;/h5-6,9,11-13,17H,2-4,7-8,20H2,1H3,(H,21,23)(H,22,24);1H. The van der Waals surface area contributed by atoms with Gasteiger partial charge in [0.1, 0.15) is 5.82 Å². The van der Waals surface area contributed by atoms with Crippen LogP contribution in [0.4, 0.5) is 15.8 Å². The number of benzene rings is 1. The number of hydrogen-bond acceptors (Lipinski definition) is 3. The van der Waals surface area contributed by atoms with Gasteiger partial charge in [0, 0.05) is 24.6 Å². The highest BCUT2D eigenvalue weighted by molar-refractivity contribution is 5.94. The van der Waals surface area contributed by atoms with Gasteiger partial charge in [0.25, 0.3) is 0 Å². The molecule has 0 saturated heterocycles. The Morgan fingerprint density at radius 2 is 1.80 bits per heavy atom. The minimum absolute atomic E-state index is 0. The van der Waals surface area contributed by atoms with Crippen LogP contribution in [0.5, 0.6) is 0 Å². The van der Waals surface area contributed by atoms with Crippen LogP contribution in [0.3, 0.4) is 0 Å². The van der Waals surface area contributed by atoms with E-state index in [4.69, 9.17) is 5.73 Å². The van der Waals surface area contributed by atoms with Crippen LogP contribution in [0.1, 0.15) is 39.0 Å². The molecule has 0 heterocycles. The SMILES string of the molecule is CC(=O)Nc1cc(NC(=O)C2CC3CCCC(C2)C3N)ccc1F.Cl. The topological polar surface area (TPSA) is 84.2 Å². The molecule has 1 aromatic rings. The lowest BCUT2D eigenvalue weighted by Gasteiger charge is -2.43. The molecule has 4 N–H and O–H groups in total. The smallest absolute Gasteiger partial charge is 0.227 e. The van der Waals surface area contributed by atoms with Crippen LogP contribution in [0.2, 0.25) is 0 Å². The van der Waals surface area contributed by atoms with E-state index in [1.807, 2.05) is 0 Å². The summed E-state index contributed by atoms with van der Waals surface area (Å²) in [7, 11) is 0. The molecule has 2 aliphatic rings. The molecule has 2 bridgehead atoms. The van der Waals surface area contributed by atoms with Crippen LogP contribution in [-0.2, 0) is 9.59 Å². The second kappa shape index (κ2) is 8.15. The molecule has 0 radical (unpaired) electrons. The van der Waals surface area contributed by atoms with Gasteiger partial charge in [0.05, 0.1) is 5.69 Å². The molecular weight excluding hydrogens is 345 g/mol. The predicted molar refractivity (Wildman–Crippen MR) is 98.1 cm³/mol. The van der Waals surface area contributed by atoms with Gasteiger partial charge in [-0.05, 0) is 55.7 Å². The molecule has 5 nitrogen and oxygen atoms in total. The van der Waals surface area contributed by atoms with Crippen LogP contribution in [-0.4, -0.2) is 17.9 Å². The largest absolute Gasteiger partial charge is 0.327 e. The Bertz CT molecular complexity index is 641. The van der Waals surface area contributed by atoms with Gasteiger partial charge in [-0.2, -0.15) is 0 Å². The number of carbonyl (C=O) groups excluding carboxylic acids is 2. The van der Waals surface area contributed by atoms with Crippen molar-refractivity contribution in [2.45, 2.75) is 45.1 Å². The highest BCUT2D eigenvalue weighted by atomic mass is 35.5. The van der Waals surface area contributed by atoms with E-state index in [1.54, 1.807) is 0 Å². The summed E-state index contributed by atoms with van der Waals surface area (Å²) in [5.41, 5.74) is 6.83. The first kappa shape index (κ1) is 19.7. The lowest BCUT2D eigenvalue weighted by atomic mass is 9.65. The molecule has 138 valence electrons. The first-order valence-corrected chi connectivity index (χ1v) is 8.57. The van der Waals surface area contributed by atoms with E-state index >= 15 is 0 Å². The fraction of sp³-hybridized carbons (Fsp3) is 0.556. The molecule has 25 heavy (non-hydrogen) atoms. The molecule has 2 amide bonds. The fourth-order valence-electron chi connectivity index (χ4n) is 4.14. The minimum Gasteiger partial charge on any atom is -0.327 e. The molecule has 2 aliphatic carbocycles. The van der Waals surface area contributed by atoms with Crippen molar-refractivity contribution >= 4 is 35.6 Å². The summed E-state index contributed by atoms with van der Waals surface area (Å²) < 4.78 is 13.7. The van der Waals surface area contributed by atoms with Crippen molar-refractivity contribution in [3.05, 3.63) is 24.0 Å². The third-order valence-corrected chi connectivity index (χ3v) is 5.33. The van der Waals surface area contributed by atoms with Crippen molar-refractivity contribution in [1.82, 2.24) is 0 Å². The number of nitrogens with two attached hydrogens (primary N) is 1. The van der Waals surface area contributed by atoms with Crippen molar-refractivity contribution in [3.8, 4) is 0 Å². The van der Waals surface area contributed by atoms with Crippen LogP contribution in [0, 0.1) is 23.6 Å². The van der Waals surface area contributed by atoms with Crippen LogP contribution in [0.15, 0.2) is 18.2 Å². The maximum Gasteiger partial charge on any atom is 0.227 e. The predicted octanol–water partition coefficient (Wildman–Crippen LogP) is 3.30. The lowest BCUT2D eigenvalue weighted by molar-refractivity contribution is -0.122. The third kappa shape index (κ3) is 4.50. The quantitative estimate of drug-likeness (QED) is 0.764. The molecule has 7 heteroatoms. The van der Waals surface area contributed by atoms with Gasteiger partial charge in [0.2, 0.25) is 11.8 Å². The Labute approximate surface area is 153 Å².